The number of nitrogens with zero attached hydrogens (tertiary/aromatic N) is 1. The van der Waals surface area contributed by atoms with E-state index in [-0.39, 0.29) is 0 Å². The zero-order valence-electron chi connectivity index (χ0n) is 11.4. The second-order valence-electron chi connectivity index (χ2n) is 4.74. The lowest BCUT2D eigenvalue weighted by molar-refractivity contribution is 0.400. The van der Waals surface area contributed by atoms with Gasteiger partial charge < -0.3 is 4.74 Å². The summed E-state index contributed by atoms with van der Waals surface area (Å²) in [6, 6.07) is 16.6. The van der Waals surface area contributed by atoms with E-state index in [2.05, 4.69) is 58.2 Å². The minimum Gasteiger partial charge on any atom is -0.481 e. The van der Waals surface area contributed by atoms with Gasteiger partial charge in [0, 0.05) is 15.9 Å². The van der Waals surface area contributed by atoms with Gasteiger partial charge in [-0.2, -0.15) is 0 Å². The fraction of sp³-hybridized carbons (Fsp3) is 0.118. The van der Waals surface area contributed by atoms with Crippen molar-refractivity contribution < 1.29 is 4.74 Å². The number of rotatable bonds is 2. The molecule has 3 rings (SSSR count). The molecule has 0 saturated carbocycles. The van der Waals surface area contributed by atoms with Crippen LogP contribution in [0.4, 0.5) is 0 Å². The Balaban J connectivity index is 2.31. The number of aromatic nitrogens is 1. The summed E-state index contributed by atoms with van der Waals surface area (Å²) < 4.78 is 6.36. The van der Waals surface area contributed by atoms with Crippen molar-refractivity contribution in [2.24, 2.45) is 0 Å². The normalized spacial score (nSPS) is 10.8. The standard InChI is InChI=1S/C17H14BrNO/c1-11-3-5-12(6-4-11)14-10-17(20-2)19-16-8-7-13(18)9-15(14)16/h3-10H,1-2H3. The molecule has 3 aromatic rings. The van der Waals surface area contributed by atoms with Crippen molar-refractivity contribution in [1.82, 2.24) is 4.98 Å². The number of halogens is 1. The van der Waals surface area contributed by atoms with Crippen LogP contribution in [0.3, 0.4) is 0 Å². The molecular formula is C17H14BrNO. The second-order valence-corrected chi connectivity index (χ2v) is 5.66. The summed E-state index contributed by atoms with van der Waals surface area (Å²) in [4.78, 5) is 4.50. The Morgan fingerprint density at radius 2 is 1.75 bits per heavy atom. The molecule has 0 amide bonds. The molecule has 0 fully saturated rings. The maximum absolute atomic E-state index is 5.32. The smallest absolute Gasteiger partial charge is 0.214 e. The van der Waals surface area contributed by atoms with Gasteiger partial charge in [0.25, 0.3) is 0 Å². The first-order valence-electron chi connectivity index (χ1n) is 6.39. The monoisotopic (exact) mass is 327 g/mol. The first-order valence-corrected chi connectivity index (χ1v) is 7.18. The number of hydrogen-bond donors (Lipinski definition) is 0. The van der Waals surface area contributed by atoms with Crippen molar-refractivity contribution in [3.05, 3.63) is 58.6 Å². The lowest BCUT2D eigenvalue weighted by atomic mass is 10.0. The Labute approximate surface area is 126 Å². The van der Waals surface area contributed by atoms with Crippen molar-refractivity contribution >= 4 is 26.8 Å². The highest BCUT2D eigenvalue weighted by Crippen LogP contribution is 2.32. The van der Waals surface area contributed by atoms with E-state index < -0.39 is 0 Å². The van der Waals surface area contributed by atoms with E-state index in [9.17, 15) is 0 Å². The molecule has 0 unspecified atom stereocenters. The molecule has 0 aliphatic carbocycles. The summed E-state index contributed by atoms with van der Waals surface area (Å²) in [6.45, 7) is 2.09. The maximum Gasteiger partial charge on any atom is 0.214 e. The van der Waals surface area contributed by atoms with Gasteiger partial charge in [-0.15, -0.1) is 0 Å². The highest BCUT2D eigenvalue weighted by Gasteiger charge is 2.08. The summed E-state index contributed by atoms with van der Waals surface area (Å²) in [5.74, 6) is 0.635. The highest BCUT2D eigenvalue weighted by molar-refractivity contribution is 9.10. The molecule has 2 nitrogen and oxygen atoms in total. The zero-order chi connectivity index (χ0) is 14.1. The molecule has 100 valence electrons. The Kier molecular flexibility index (Phi) is 3.45. The van der Waals surface area contributed by atoms with Gasteiger partial charge in [0.05, 0.1) is 12.6 Å². The Bertz CT molecular complexity index is 766. The zero-order valence-corrected chi connectivity index (χ0v) is 12.9. The van der Waals surface area contributed by atoms with Crippen LogP contribution >= 0.6 is 15.9 Å². The molecule has 0 bridgehead atoms. The fourth-order valence-corrected chi connectivity index (χ4v) is 2.61. The van der Waals surface area contributed by atoms with Crippen molar-refractivity contribution in [1.29, 1.82) is 0 Å². The number of aryl methyl sites for hydroxylation is 1. The summed E-state index contributed by atoms with van der Waals surface area (Å²) in [7, 11) is 1.64. The number of benzene rings is 2. The van der Waals surface area contributed by atoms with Crippen LogP contribution in [0.25, 0.3) is 22.0 Å². The van der Waals surface area contributed by atoms with Crippen LogP contribution < -0.4 is 4.74 Å². The van der Waals surface area contributed by atoms with Crippen molar-refractivity contribution in [3.63, 3.8) is 0 Å². The molecule has 0 aliphatic rings. The second kappa shape index (κ2) is 5.25. The lowest BCUT2D eigenvalue weighted by Crippen LogP contribution is -1.91. The quantitative estimate of drug-likeness (QED) is 0.662. The minimum absolute atomic E-state index is 0.635. The van der Waals surface area contributed by atoms with Crippen LogP contribution in [0.2, 0.25) is 0 Å². The van der Waals surface area contributed by atoms with Crippen LogP contribution in [0.5, 0.6) is 5.88 Å². The van der Waals surface area contributed by atoms with E-state index in [1.165, 1.54) is 11.1 Å². The van der Waals surface area contributed by atoms with E-state index >= 15 is 0 Å². The van der Waals surface area contributed by atoms with Crippen LogP contribution in [0, 0.1) is 6.92 Å². The Hall–Kier alpha value is -1.87. The number of methoxy groups -OCH3 is 1. The van der Waals surface area contributed by atoms with E-state index in [0.717, 1.165) is 20.9 Å². The third kappa shape index (κ3) is 2.41. The Morgan fingerprint density at radius 1 is 1.00 bits per heavy atom. The van der Waals surface area contributed by atoms with Crippen LogP contribution in [-0.2, 0) is 0 Å². The first kappa shape index (κ1) is 13.1. The molecule has 20 heavy (non-hydrogen) atoms. The van der Waals surface area contributed by atoms with E-state index in [4.69, 9.17) is 4.74 Å². The maximum atomic E-state index is 5.32. The van der Waals surface area contributed by atoms with Gasteiger partial charge in [0.2, 0.25) is 5.88 Å². The summed E-state index contributed by atoms with van der Waals surface area (Å²) in [5.41, 5.74) is 4.48. The molecular weight excluding hydrogens is 314 g/mol. The third-order valence-corrected chi connectivity index (χ3v) is 3.81. The summed E-state index contributed by atoms with van der Waals surface area (Å²) >= 11 is 3.53. The van der Waals surface area contributed by atoms with E-state index in [0.29, 0.717) is 5.88 Å². The van der Waals surface area contributed by atoms with Crippen molar-refractivity contribution in [2.45, 2.75) is 6.92 Å². The highest BCUT2D eigenvalue weighted by atomic mass is 79.9. The van der Waals surface area contributed by atoms with Crippen molar-refractivity contribution in [2.75, 3.05) is 7.11 Å². The molecule has 0 radical (unpaired) electrons. The molecule has 0 N–H and O–H groups in total. The number of hydrogen-bond acceptors (Lipinski definition) is 2. The fourth-order valence-electron chi connectivity index (χ4n) is 2.25. The van der Waals surface area contributed by atoms with Crippen LogP contribution in [0.15, 0.2) is 53.0 Å². The largest absolute Gasteiger partial charge is 0.481 e. The molecule has 1 heterocycles. The SMILES string of the molecule is COc1cc(-c2ccc(C)cc2)c2cc(Br)ccc2n1. The minimum atomic E-state index is 0.635. The summed E-state index contributed by atoms with van der Waals surface area (Å²) in [6.07, 6.45) is 0. The van der Waals surface area contributed by atoms with E-state index in [1.54, 1.807) is 7.11 Å². The molecule has 0 spiro atoms. The van der Waals surface area contributed by atoms with Gasteiger partial charge in [0.15, 0.2) is 0 Å². The molecule has 0 aliphatic heterocycles. The van der Waals surface area contributed by atoms with Gasteiger partial charge in [-0.05, 0) is 36.2 Å². The molecule has 0 saturated heterocycles. The number of fused-ring (bicyclic) bond motifs is 1. The van der Waals surface area contributed by atoms with Crippen molar-refractivity contribution in [3.8, 4) is 17.0 Å². The molecule has 3 heteroatoms. The average molecular weight is 328 g/mol. The average Bonchev–Trinajstić information content (AvgIpc) is 2.47. The van der Waals surface area contributed by atoms with Gasteiger partial charge in [-0.1, -0.05) is 45.8 Å². The topological polar surface area (TPSA) is 22.1 Å². The predicted octanol–water partition coefficient (Wildman–Crippen LogP) is 4.98. The number of pyridine rings is 1. The molecule has 0 atom stereocenters. The van der Waals surface area contributed by atoms with Crippen LogP contribution in [0.1, 0.15) is 5.56 Å². The Morgan fingerprint density at radius 3 is 2.45 bits per heavy atom. The number of ether oxygens (including phenoxy) is 1. The van der Waals surface area contributed by atoms with Gasteiger partial charge in [0.1, 0.15) is 0 Å². The third-order valence-electron chi connectivity index (χ3n) is 3.32. The van der Waals surface area contributed by atoms with Gasteiger partial charge in [-0.25, -0.2) is 4.98 Å². The molecule has 1 aromatic heterocycles. The molecule has 2 aromatic carbocycles. The van der Waals surface area contributed by atoms with Crippen LogP contribution in [-0.4, -0.2) is 12.1 Å². The van der Waals surface area contributed by atoms with E-state index in [1.807, 2.05) is 18.2 Å². The predicted molar refractivity (Wildman–Crippen MR) is 86.2 cm³/mol. The lowest BCUT2D eigenvalue weighted by Gasteiger charge is -2.10. The first-order chi connectivity index (χ1) is 9.67. The van der Waals surface area contributed by atoms with Gasteiger partial charge in [-0.3, -0.25) is 0 Å². The summed E-state index contributed by atoms with van der Waals surface area (Å²) in [5, 5.41) is 1.11. The van der Waals surface area contributed by atoms with Gasteiger partial charge >= 0.3 is 0 Å².